The molecule has 4 rings (SSSR count). The molecule has 0 unspecified atom stereocenters. The summed E-state index contributed by atoms with van der Waals surface area (Å²) in [5.41, 5.74) is 3.29. The lowest BCUT2D eigenvalue weighted by Crippen LogP contribution is -2.58. The van der Waals surface area contributed by atoms with E-state index in [-0.39, 0.29) is 29.5 Å². The number of rotatable bonds is 4. The number of carbonyl (C=O) groups excluding carboxylic acids is 1. The second kappa shape index (κ2) is 7.95. The summed E-state index contributed by atoms with van der Waals surface area (Å²) in [5, 5.41) is 1.21. The van der Waals surface area contributed by atoms with Gasteiger partial charge in [-0.1, -0.05) is 0 Å². The van der Waals surface area contributed by atoms with Crippen molar-refractivity contribution in [1.82, 2.24) is 14.3 Å². The number of nitrogens with two attached hydrogens (primary N) is 1. The molecular weight excluding hydrogens is 465 g/mol. The minimum atomic E-state index is -4.03. The van der Waals surface area contributed by atoms with Crippen LogP contribution < -0.4 is 11.1 Å². The second-order valence-electron chi connectivity index (χ2n) is 7.62. The predicted octanol–water partition coefficient (Wildman–Crippen LogP) is 1.38. The van der Waals surface area contributed by atoms with E-state index in [9.17, 15) is 26.4 Å². The first-order valence-electron chi connectivity index (χ1n) is 9.63. The van der Waals surface area contributed by atoms with Crippen molar-refractivity contribution in [2.45, 2.75) is 30.2 Å². The Kier molecular flexibility index (Phi) is 5.52. The van der Waals surface area contributed by atoms with Crippen LogP contribution in [0.4, 0.5) is 18.9 Å². The van der Waals surface area contributed by atoms with Gasteiger partial charge in [-0.3, -0.25) is 9.78 Å². The summed E-state index contributed by atoms with van der Waals surface area (Å²) in [6.07, 6.45) is -1.99. The van der Waals surface area contributed by atoms with Crippen LogP contribution in [0.5, 0.6) is 0 Å². The van der Waals surface area contributed by atoms with Gasteiger partial charge in [0, 0.05) is 18.3 Å². The number of guanidine groups is 1. The van der Waals surface area contributed by atoms with Gasteiger partial charge in [0.1, 0.15) is 28.0 Å². The SMILES string of the molecule is C[C@H]1OC[C@]2(c3cc(NC(=O)c4cnc(C(F)F)cn4)ccc3F)N=C(N)N(C)S(=O)(=O)[C@H]12. The van der Waals surface area contributed by atoms with Gasteiger partial charge >= 0.3 is 0 Å². The molecule has 2 aliphatic heterocycles. The van der Waals surface area contributed by atoms with Crippen molar-refractivity contribution in [1.29, 1.82) is 0 Å². The Morgan fingerprint density at radius 1 is 1.33 bits per heavy atom. The topological polar surface area (TPSA) is 140 Å². The number of fused-ring (bicyclic) bond motifs is 1. The van der Waals surface area contributed by atoms with Gasteiger partial charge in [-0.05, 0) is 25.1 Å². The Hall–Kier alpha value is -3.26. The average molecular weight is 484 g/mol. The predicted molar refractivity (Wildman–Crippen MR) is 111 cm³/mol. The first kappa shape index (κ1) is 22.9. The number of aromatic nitrogens is 2. The van der Waals surface area contributed by atoms with E-state index in [1.807, 2.05) is 0 Å². The molecule has 1 aromatic carbocycles. The van der Waals surface area contributed by atoms with E-state index in [1.165, 1.54) is 19.2 Å². The number of nitrogens with zero attached hydrogens (tertiary/aromatic N) is 4. The first-order valence-corrected chi connectivity index (χ1v) is 11.1. The van der Waals surface area contributed by atoms with Gasteiger partial charge in [-0.25, -0.2) is 35.9 Å². The van der Waals surface area contributed by atoms with Crippen molar-refractivity contribution in [2.24, 2.45) is 10.7 Å². The van der Waals surface area contributed by atoms with E-state index < -0.39 is 50.8 Å². The molecule has 1 amide bonds. The van der Waals surface area contributed by atoms with Gasteiger partial charge in [0.25, 0.3) is 12.3 Å². The standard InChI is InChI=1S/C19H19F3N6O4S/c1-9-15-19(8-32-9,27-18(23)28(2)33(15,30)31)11-5-10(3-4-12(11)20)26-17(29)14-7-24-13(6-25-14)16(21)22/h3-7,9,15-16H,8H2,1-2H3,(H2,23,27)(H,26,29)/t9-,15-,19-/m1/s1. The third kappa shape index (κ3) is 3.68. The van der Waals surface area contributed by atoms with Crippen molar-refractivity contribution < 1.29 is 31.1 Å². The lowest BCUT2D eigenvalue weighted by Gasteiger charge is -2.39. The van der Waals surface area contributed by atoms with Crippen LogP contribution in [0.2, 0.25) is 0 Å². The van der Waals surface area contributed by atoms with Crippen molar-refractivity contribution in [3.05, 3.63) is 53.4 Å². The minimum absolute atomic E-state index is 0.0916. The maximum atomic E-state index is 15.0. The van der Waals surface area contributed by atoms with Crippen LogP contribution in [0.25, 0.3) is 0 Å². The zero-order valence-electron chi connectivity index (χ0n) is 17.4. The van der Waals surface area contributed by atoms with Gasteiger partial charge in [0.05, 0.1) is 25.1 Å². The molecular formula is C19H19F3N6O4S. The van der Waals surface area contributed by atoms with Crippen molar-refractivity contribution in [3.63, 3.8) is 0 Å². The third-order valence-electron chi connectivity index (χ3n) is 5.62. The lowest BCUT2D eigenvalue weighted by molar-refractivity contribution is 0.102. The van der Waals surface area contributed by atoms with Crippen LogP contribution in [0.1, 0.15) is 35.1 Å². The number of sulfonamides is 1. The fourth-order valence-electron chi connectivity index (χ4n) is 3.97. The van der Waals surface area contributed by atoms with E-state index in [1.54, 1.807) is 6.92 Å². The number of carbonyl (C=O) groups is 1. The molecule has 0 aliphatic carbocycles. The normalized spacial score (nSPS) is 26.1. The Bertz CT molecular complexity index is 1240. The number of ether oxygens (including phenoxy) is 1. The summed E-state index contributed by atoms with van der Waals surface area (Å²) in [7, 11) is -2.79. The number of nitrogens with one attached hydrogen (secondary N) is 1. The van der Waals surface area contributed by atoms with Crippen LogP contribution in [0, 0.1) is 5.82 Å². The van der Waals surface area contributed by atoms with E-state index >= 15 is 0 Å². The number of halogens is 3. The molecule has 0 radical (unpaired) electrons. The zero-order chi connectivity index (χ0) is 24.1. The first-order chi connectivity index (χ1) is 15.5. The Balaban J connectivity index is 1.72. The number of hydrogen-bond acceptors (Lipinski definition) is 8. The molecule has 3 atom stereocenters. The molecule has 0 saturated carbocycles. The molecule has 2 aromatic rings. The Morgan fingerprint density at radius 3 is 2.70 bits per heavy atom. The zero-order valence-corrected chi connectivity index (χ0v) is 18.2. The Labute approximate surface area is 186 Å². The van der Waals surface area contributed by atoms with E-state index in [0.29, 0.717) is 0 Å². The monoisotopic (exact) mass is 484 g/mol. The summed E-state index contributed by atoms with van der Waals surface area (Å²) in [6.45, 7) is 1.29. The summed E-state index contributed by atoms with van der Waals surface area (Å²) < 4.78 is 72.7. The summed E-state index contributed by atoms with van der Waals surface area (Å²) >= 11 is 0. The molecule has 3 N–H and O–H groups in total. The highest BCUT2D eigenvalue weighted by atomic mass is 32.2. The average Bonchev–Trinajstić information content (AvgIpc) is 3.11. The van der Waals surface area contributed by atoms with E-state index in [2.05, 4.69) is 20.3 Å². The van der Waals surface area contributed by atoms with Gasteiger partial charge in [-0.15, -0.1) is 0 Å². The van der Waals surface area contributed by atoms with E-state index in [0.717, 1.165) is 22.8 Å². The molecule has 1 fully saturated rings. The van der Waals surface area contributed by atoms with Gasteiger partial charge in [-0.2, -0.15) is 0 Å². The van der Waals surface area contributed by atoms with Gasteiger partial charge < -0.3 is 15.8 Å². The van der Waals surface area contributed by atoms with Crippen molar-refractivity contribution in [3.8, 4) is 0 Å². The fraction of sp³-hybridized carbons (Fsp3) is 0.368. The molecule has 0 spiro atoms. The summed E-state index contributed by atoms with van der Waals surface area (Å²) in [6, 6.07) is 3.53. The van der Waals surface area contributed by atoms with E-state index in [4.69, 9.17) is 10.5 Å². The van der Waals surface area contributed by atoms with Crippen LogP contribution in [0.3, 0.4) is 0 Å². The number of aliphatic imine (C=N–C) groups is 1. The molecule has 1 aromatic heterocycles. The van der Waals surface area contributed by atoms with Crippen LogP contribution in [-0.4, -0.2) is 59.6 Å². The van der Waals surface area contributed by atoms with Crippen LogP contribution >= 0.6 is 0 Å². The highest BCUT2D eigenvalue weighted by Crippen LogP contribution is 2.46. The maximum Gasteiger partial charge on any atom is 0.281 e. The minimum Gasteiger partial charge on any atom is -0.374 e. The molecule has 176 valence electrons. The molecule has 3 heterocycles. The molecule has 2 aliphatic rings. The van der Waals surface area contributed by atoms with Crippen LogP contribution in [-0.2, 0) is 20.3 Å². The van der Waals surface area contributed by atoms with Crippen LogP contribution in [0.15, 0.2) is 35.6 Å². The number of amides is 1. The largest absolute Gasteiger partial charge is 0.374 e. The summed E-state index contributed by atoms with van der Waals surface area (Å²) in [4.78, 5) is 23.9. The molecule has 0 bridgehead atoms. The fourth-order valence-corrected chi connectivity index (χ4v) is 5.91. The molecule has 1 saturated heterocycles. The van der Waals surface area contributed by atoms with Crippen molar-refractivity contribution >= 4 is 27.6 Å². The number of hydrogen-bond donors (Lipinski definition) is 2. The van der Waals surface area contributed by atoms with Crippen molar-refractivity contribution in [2.75, 3.05) is 19.0 Å². The highest BCUT2D eigenvalue weighted by Gasteiger charge is 2.61. The summed E-state index contributed by atoms with van der Waals surface area (Å²) in [5.74, 6) is -1.88. The quantitative estimate of drug-likeness (QED) is 0.668. The lowest BCUT2D eigenvalue weighted by atomic mass is 9.86. The maximum absolute atomic E-state index is 15.0. The number of benzene rings is 1. The van der Waals surface area contributed by atoms with Gasteiger partial charge in [0.2, 0.25) is 16.0 Å². The third-order valence-corrected chi connectivity index (χ3v) is 7.99. The molecule has 10 nitrogen and oxygen atoms in total. The van der Waals surface area contributed by atoms with Gasteiger partial charge in [0.15, 0.2) is 0 Å². The number of anilines is 1. The highest BCUT2D eigenvalue weighted by molar-refractivity contribution is 7.90. The number of alkyl halides is 2. The second-order valence-corrected chi connectivity index (χ2v) is 9.70. The molecule has 33 heavy (non-hydrogen) atoms. The smallest absolute Gasteiger partial charge is 0.281 e. The molecule has 14 heteroatoms. The Morgan fingerprint density at radius 2 is 2.06 bits per heavy atom.